The molecule has 0 amide bonds. The fourth-order valence-corrected chi connectivity index (χ4v) is 4.53. The summed E-state index contributed by atoms with van der Waals surface area (Å²) in [5.41, 5.74) is 0.194. The van der Waals surface area contributed by atoms with E-state index in [2.05, 4.69) is 15.9 Å². The van der Waals surface area contributed by atoms with Gasteiger partial charge in [-0.2, -0.15) is 0 Å². The number of anilines is 1. The molecule has 112 valence electrons. The highest BCUT2D eigenvalue weighted by Crippen LogP contribution is 2.31. The summed E-state index contributed by atoms with van der Waals surface area (Å²) in [5.74, 6) is -1.26. The van der Waals surface area contributed by atoms with Gasteiger partial charge in [-0.15, -0.1) is 11.3 Å². The van der Waals surface area contributed by atoms with Gasteiger partial charge in [-0.1, -0.05) is 17.7 Å². The number of carboxylic acids is 1. The van der Waals surface area contributed by atoms with E-state index in [1.807, 2.05) is 0 Å². The number of hydrogen-bond acceptors (Lipinski definition) is 4. The van der Waals surface area contributed by atoms with Crippen LogP contribution >= 0.6 is 38.9 Å². The van der Waals surface area contributed by atoms with Gasteiger partial charge in [-0.05, 0) is 45.6 Å². The van der Waals surface area contributed by atoms with Crippen molar-refractivity contribution in [3.63, 3.8) is 0 Å². The Hall–Kier alpha value is -1.09. The molecular formula is C12H9BrClNO4S2. The molecule has 1 heterocycles. The number of thiophene rings is 1. The lowest BCUT2D eigenvalue weighted by Gasteiger charge is -2.22. The lowest BCUT2D eigenvalue weighted by molar-refractivity contribution is -0.135. The minimum Gasteiger partial charge on any atom is -0.480 e. The first-order valence-electron chi connectivity index (χ1n) is 5.55. The molecule has 0 atom stereocenters. The van der Waals surface area contributed by atoms with Crippen LogP contribution in [0, 0.1) is 0 Å². The molecule has 9 heteroatoms. The highest BCUT2D eigenvalue weighted by Gasteiger charge is 2.28. The third kappa shape index (κ3) is 3.57. The van der Waals surface area contributed by atoms with Crippen molar-refractivity contribution in [2.75, 3.05) is 10.8 Å². The Balaban J connectivity index is 2.53. The molecule has 0 unspecified atom stereocenters. The number of carboxylic acid groups (broad SMARTS) is 1. The fraction of sp³-hybridized carbons (Fsp3) is 0.0833. The van der Waals surface area contributed by atoms with Crippen molar-refractivity contribution < 1.29 is 18.3 Å². The Morgan fingerprint density at radius 3 is 2.62 bits per heavy atom. The molecule has 0 radical (unpaired) electrons. The number of nitrogens with zero attached hydrogens (tertiary/aromatic N) is 1. The Morgan fingerprint density at radius 1 is 1.38 bits per heavy atom. The van der Waals surface area contributed by atoms with Gasteiger partial charge < -0.3 is 5.11 Å². The van der Waals surface area contributed by atoms with Crippen molar-refractivity contribution >= 4 is 60.5 Å². The molecule has 1 aromatic carbocycles. The largest absolute Gasteiger partial charge is 0.480 e. The van der Waals surface area contributed by atoms with E-state index < -0.39 is 22.5 Å². The van der Waals surface area contributed by atoms with Crippen molar-refractivity contribution in [1.82, 2.24) is 0 Å². The van der Waals surface area contributed by atoms with Crippen LogP contribution < -0.4 is 4.31 Å². The van der Waals surface area contributed by atoms with Crippen LogP contribution in [0.1, 0.15) is 0 Å². The van der Waals surface area contributed by atoms with Gasteiger partial charge in [0.25, 0.3) is 10.0 Å². The molecule has 1 aromatic heterocycles. The van der Waals surface area contributed by atoms with Crippen molar-refractivity contribution in [3.05, 3.63) is 45.2 Å². The van der Waals surface area contributed by atoms with Crippen LogP contribution in [0.2, 0.25) is 5.02 Å². The van der Waals surface area contributed by atoms with Crippen molar-refractivity contribution in [1.29, 1.82) is 0 Å². The molecule has 0 saturated carbocycles. The number of aliphatic carboxylic acids is 1. The van der Waals surface area contributed by atoms with Crippen LogP contribution in [0.5, 0.6) is 0 Å². The van der Waals surface area contributed by atoms with E-state index in [1.54, 1.807) is 17.5 Å². The average molecular weight is 411 g/mol. The third-order valence-corrected chi connectivity index (χ3v) is 6.89. The first-order valence-corrected chi connectivity index (χ1v) is 9.04. The first kappa shape index (κ1) is 16.3. The summed E-state index contributed by atoms with van der Waals surface area (Å²) in [6, 6.07) is 7.47. The molecule has 0 aliphatic heterocycles. The molecule has 2 rings (SSSR count). The molecule has 0 saturated heterocycles. The summed E-state index contributed by atoms with van der Waals surface area (Å²) < 4.78 is 26.6. The number of halogens is 2. The summed E-state index contributed by atoms with van der Waals surface area (Å²) in [5, 5.41) is 10.9. The summed E-state index contributed by atoms with van der Waals surface area (Å²) in [7, 11) is -3.94. The van der Waals surface area contributed by atoms with E-state index in [1.165, 1.54) is 18.2 Å². The Morgan fingerprint density at radius 2 is 2.10 bits per heavy atom. The Labute approximate surface area is 139 Å². The predicted molar refractivity (Wildman–Crippen MR) is 85.6 cm³/mol. The van der Waals surface area contributed by atoms with E-state index in [9.17, 15) is 13.2 Å². The second-order valence-electron chi connectivity index (χ2n) is 3.94. The Kier molecular flexibility index (Phi) is 4.92. The smallest absolute Gasteiger partial charge is 0.324 e. The van der Waals surface area contributed by atoms with Gasteiger partial charge in [0, 0.05) is 4.47 Å². The number of rotatable bonds is 5. The zero-order valence-corrected chi connectivity index (χ0v) is 14.3. The van der Waals surface area contributed by atoms with E-state index >= 15 is 0 Å². The highest BCUT2D eigenvalue weighted by atomic mass is 79.9. The molecule has 0 fully saturated rings. The number of hydrogen-bond donors (Lipinski definition) is 1. The standard InChI is InChI=1S/C12H9BrClNO4S2/c13-9-4-3-8(6-10(9)14)15(7-11(16)17)21(18,19)12-2-1-5-20-12/h1-6H,7H2,(H,16,17). The van der Waals surface area contributed by atoms with Gasteiger partial charge in [0.15, 0.2) is 0 Å². The third-order valence-electron chi connectivity index (χ3n) is 2.51. The van der Waals surface area contributed by atoms with Gasteiger partial charge in [-0.3, -0.25) is 9.10 Å². The van der Waals surface area contributed by atoms with Crippen LogP contribution in [0.4, 0.5) is 5.69 Å². The van der Waals surface area contributed by atoms with E-state index in [-0.39, 0.29) is 9.90 Å². The molecule has 5 nitrogen and oxygen atoms in total. The minimum atomic E-state index is -3.94. The van der Waals surface area contributed by atoms with Gasteiger partial charge in [0.1, 0.15) is 10.8 Å². The van der Waals surface area contributed by atoms with Gasteiger partial charge in [0.2, 0.25) is 0 Å². The minimum absolute atomic E-state index is 0.0720. The maximum absolute atomic E-state index is 12.5. The summed E-state index contributed by atoms with van der Waals surface area (Å²) in [6.45, 7) is -0.682. The van der Waals surface area contributed by atoms with Crippen LogP contribution in [-0.2, 0) is 14.8 Å². The lowest BCUT2D eigenvalue weighted by atomic mass is 10.3. The monoisotopic (exact) mass is 409 g/mol. The van der Waals surface area contributed by atoms with Crippen LogP contribution in [-0.4, -0.2) is 26.0 Å². The van der Waals surface area contributed by atoms with E-state index in [4.69, 9.17) is 16.7 Å². The SMILES string of the molecule is O=C(O)CN(c1ccc(Br)c(Cl)c1)S(=O)(=O)c1cccs1. The zero-order valence-electron chi connectivity index (χ0n) is 10.4. The molecule has 2 aromatic rings. The van der Waals surface area contributed by atoms with E-state index in [0.717, 1.165) is 15.6 Å². The van der Waals surface area contributed by atoms with Crippen molar-refractivity contribution in [2.45, 2.75) is 4.21 Å². The molecule has 21 heavy (non-hydrogen) atoms. The highest BCUT2D eigenvalue weighted by molar-refractivity contribution is 9.10. The summed E-state index contributed by atoms with van der Waals surface area (Å²) >= 11 is 10.2. The molecule has 0 bridgehead atoms. The predicted octanol–water partition coefficient (Wildman–Crippen LogP) is 3.44. The quantitative estimate of drug-likeness (QED) is 0.819. The van der Waals surface area contributed by atoms with Gasteiger partial charge in [0.05, 0.1) is 10.7 Å². The Bertz CT molecular complexity index is 762. The first-order chi connectivity index (χ1) is 9.82. The molecule has 1 N–H and O–H groups in total. The van der Waals surface area contributed by atoms with Gasteiger partial charge in [-0.25, -0.2) is 8.42 Å². The molecule has 0 aliphatic carbocycles. The number of carbonyl (C=O) groups is 1. The van der Waals surface area contributed by atoms with Gasteiger partial charge >= 0.3 is 5.97 Å². The fourth-order valence-electron chi connectivity index (χ4n) is 1.60. The van der Waals surface area contributed by atoms with E-state index in [0.29, 0.717) is 9.50 Å². The van der Waals surface area contributed by atoms with Crippen LogP contribution in [0.25, 0.3) is 0 Å². The van der Waals surface area contributed by atoms with Crippen LogP contribution in [0.15, 0.2) is 44.4 Å². The zero-order chi connectivity index (χ0) is 15.6. The number of sulfonamides is 1. The summed E-state index contributed by atoms with van der Waals surface area (Å²) in [4.78, 5) is 11.0. The van der Waals surface area contributed by atoms with Crippen molar-refractivity contribution in [3.8, 4) is 0 Å². The molecular weight excluding hydrogens is 402 g/mol. The second kappa shape index (κ2) is 6.35. The van der Waals surface area contributed by atoms with Crippen LogP contribution in [0.3, 0.4) is 0 Å². The maximum atomic E-state index is 12.5. The normalized spacial score (nSPS) is 11.3. The summed E-state index contributed by atoms with van der Waals surface area (Å²) in [6.07, 6.45) is 0. The molecule has 0 aliphatic rings. The lowest BCUT2D eigenvalue weighted by Crippen LogP contribution is -2.35. The maximum Gasteiger partial charge on any atom is 0.324 e. The topological polar surface area (TPSA) is 74.7 Å². The number of benzene rings is 1. The molecule has 0 spiro atoms. The average Bonchev–Trinajstić information content (AvgIpc) is 2.93. The second-order valence-corrected chi connectivity index (χ2v) is 8.23. The van der Waals surface area contributed by atoms with Crippen molar-refractivity contribution in [2.24, 2.45) is 0 Å².